The van der Waals surface area contributed by atoms with Gasteiger partial charge in [0.2, 0.25) is 5.91 Å². The number of hydrogen-bond donors (Lipinski definition) is 2. The average Bonchev–Trinajstić information content (AvgIpc) is 3.16. The van der Waals surface area contributed by atoms with Crippen LogP contribution in [0.15, 0.2) is 66.0 Å². The number of benzene rings is 2. The van der Waals surface area contributed by atoms with Crippen LogP contribution in [0.5, 0.6) is 0 Å². The molecular weight excluding hydrogens is 356 g/mol. The maximum absolute atomic E-state index is 13.0. The molecule has 138 valence electrons. The Labute approximate surface area is 163 Å². The minimum absolute atomic E-state index is 0.178. The number of anilines is 1. The van der Waals surface area contributed by atoms with Crippen LogP contribution in [0.4, 0.5) is 5.69 Å². The van der Waals surface area contributed by atoms with Crippen molar-refractivity contribution >= 4 is 28.8 Å². The van der Waals surface area contributed by atoms with Gasteiger partial charge in [-0.1, -0.05) is 54.6 Å². The zero-order valence-electron chi connectivity index (χ0n) is 15.4. The van der Waals surface area contributed by atoms with Gasteiger partial charge in [-0.25, -0.2) is 0 Å². The van der Waals surface area contributed by atoms with Gasteiger partial charge in [-0.2, -0.15) is 0 Å². The van der Waals surface area contributed by atoms with Gasteiger partial charge in [0.05, 0.1) is 6.42 Å². The highest BCUT2D eigenvalue weighted by Crippen LogP contribution is 2.22. The standard InChI is InChI=1S/C22H22N2O2S/c1-15-8-6-9-16(2)20(15)24-22(26)21(17-10-4-3-5-11-17)23-19(25)14-18-12-7-13-27-18/h3-13,21H,14H2,1-2H3,(H,23,25)(H,24,26)/t21-/m0/s1. The van der Waals surface area contributed by atoms with Gasteiger partial charge in [-0.3, -0.25) is 9.59 Å². The van der Waals surface area contributed by atoms with Gasteiger partial charge in [0.1, 0.15) is 6.04 Å². The second-order valence-electron chi connectivity index (χ2n) is 6.42. The Bertz CT molecular complexity index is 901. The fraction of sp³-hybridized carbons (Fsp3) is 0.182. The van der Waals surface area contributed by atoms with Crippen LogP contribution in [0.1, 0.15) is 27.6 Å². The number of para-hydroxylation sites is 1. The Kier molecular flexibility index (Phi) is 6.04. The van der Waals surface area contributed by atoms with Crippen LogP contribution in [0, 0.1) is 13.8 Å². The number of thiophene rings is 1. The lowest BCUT2D eigenvalue weighted by Crippen LogP contribution is -2.37. The number of carbonyl (C=O) groups excluding carboxylic acids is 2. The molecule has 5 heteroatoms. The first-order valence-electron chi connectivity index (χ1n) is 8.78. The Morgan fingerprint density at radius 3 is 2.26 bits per heavy atom. The third kappa shape index (κ3) is 4.83. The SMILES string of the molecule is Cc1cccc(C)c1NC(=O)[C@@H](NC(=O)Cc1cccs1)c1ccccc1. The minimum Gasteiger partial charge on any atom is -0.340 e. The van der Waals surface area contributed by atoms with E-state index >= 15 is 0 Å². The highest BCUT2D eigenvalue weighted by Gasteiger charge is 2.23. The zero-order valence-corrected chi connectivity index (χ0v) is 16.2. The highest BCUT2D eigenvalue weighted by atomic mass is 32.1. The normalized spacial score (nSPS) is 11.6. The van der Waals surface area contributed by atoms with E-state index in [-0.39, 0.29) is 18.2 Å². The number of nitrogens with one attached hydrogen (secondary N) is 2. The summed E-state index contributed by atoms with van der Waals surface area (Å²) >= 11 is 1.53. The second kappa shape index (κ2) is 8.64. The van der Waals surface area contributed by atoms with Crippen molar-refractivity contribution in [3.8, 4) is 0 Å². The fourth-order valence-electron chi connectivity index (χ4n) is 2.94. The summed E-state index contributed by atoms with van der Waals surface area (Å²) in [5.41, 5.74) is 3.51. The second-order valence-corrected chi connectivity index (χ2v) is 7.46. The summed E-state index contributed by atoms with van der Waals surface area (Å²) in [6.45, 7) is 3.91. The Hall–Kier alpha value is -2.92. The number of rotatable bonds is 6. The van der Waals surface area contributed by atoms with Gasteiger partial charge < -0.3 is 10.6 Å². The smallest absolute Gasteiger partial charge is 0.251 e. The van der Waals surface area contributed by atoms with Crippen LogP contribution < -0.4 is 10.6 Å². The molecule has 1 atom stereocenters. The summed E-state index contributed by atoms with van der Waals surface area (Å²) in [6.07, 6.45) is 0.262. The topological polar surface area (TPSA) is 58.2 Å². The van der Waals surface area contributed by atoms with Crippen LogP contribution in [-0.4, -0.2) is 11.8 Å². The lowest BCUT2D eigenvalue weighted by atomic mass is 10.0. The average molecular weight is 378 g/mol. The predicted octanol–water partition coefficient (Wildman–Crippen LogP) is 4.40. The van der Waals surface area contributed by atoms with Crippen molar-refractivity contribution in [2.45, 2.75) is 26.3 Å². The van der Waals surface area contributed by atoms with E-state index in [0.29, 0.717) is 0 Å². The van der Waals surface area contributed by atoms with Crippen LogP contribution in [-0.2, 0) is 16.0 Å². The van der Waals surface area contributed by atoms with Crippen molar-refractivity contribution in [3.63, 3.8) is 0 Å². The van der Waals surface area contributed by atoms with Crippen molar-refractivity contribution in [3.05, 3.63) is 87.6 Å². The molecule has 1 aromatic heterocycles. The zero-order chi connectivity index (χ0) is 19.2. The summed E-state index contributed by atoms with van der Waals surface area (Å²) < 4.78 is 0. The van der Waals surface area contributed by atoms with Crippen LogP contribution in [0.3, 0.4) is 0 Å². The van der Waals surface area contributed by atoms with E-state index in [1.165, 1.54) is 11.3 Å². The largest absolute Gasteiger partial charge is 0.340 e. The predicted molar refractivity (Wildman–Crippen MR) is 110 cm³/mol. The third-order valence-electron chi connectivity index (χ3n) is 4.34. The molecule has 0 aliphatic rings. The summed E-state index contributed by atoms with van der Waals surface area (Å²) in [5.74, 6) is -0.430. The quantitative estimate of drug-likeness (QED) is 0.668. The van der Waals surface area contributed by atoms with Crippen molar-refractivity contribution in [2.75, 3.05) is 5.32 Å². The minimum atomic E-state index is -0.752. The molecule has 3 rings (SSSR count). The first kappa shape index (κ1) is 18.9. The van der Waals surface area contributed by atoms with Crippen LogP contribution in [0.2, 0.25) is 0 Å². The van der Waals surface area contributed by atoms with E-state index in [1.54, 1.807) is 0 Å². The van der Waals surface area contributed by atoms with Crippen molar-refractivity contribution in [2.24, 2.45) is 0 Å². The Morgan fingerprint density at radius 1 is 0.926 bits per heavy atom. The first-order chi connectivity index (χ1) is 13.0. The van der Waals surface area contributed by atoms with Gasteiger partial charge in [0, 0.05) is 10.6 Å². The fourth-order valence-corrected chi connectivity index (χ4v) is 3.64. The molecule has 0 saturated heterocycles. The van der Waals surface area contributed by atoms with Gasteiger partial charge in [-0.05, 0) is 42.0 Å². The van der Waals surface area contributed by atoms with E-state index < -0.39 is 6.04 Å². The van der Waals surface area contributed by atoms with E-state index in [2.05, 4.69) is 10.6 Å². The molecule has 0 radical (unpaired) electrons. The molecule has 0 unspecified atom stereocenters. The van der Waals surface area contributed by atoms with Crippen molar-refractivity contribution < 1.29 is 9.59 Å². The molecule has 2 N–H and O–H groups in total. The van der Waals surface area contributed by atoms with E-state index in [1.807, 2.05) is 79.9 Å². The summed E-state index contributed by atoms with van der Waals surface area (Å²) in [5, 5.41) is 7.81. The van der Waals surface area contributed by atoms with E-state index in [0.717, 1.165) is 27.3 Å². The number of carbonyl (C=O) groups is 2. The van der Waals surface area contributed by atoms with Crippen LogP contribution >= 0.6 is 11.3 Å². The molecule has 27 heavy (non-hydrogen) atoms. The molecule has 0 saturated carbocycles. The summed E-state index contributed by atoms with van der Waals surface area (Å²) in [4.78, 5) is 26.5. The van der Waals surface area contributed by atoms with E-state index in [4.69, 9.17) is 0 Å². The molecule has 2 amide bonds. The molecule has 0 spiro atoms. The molecule has 0 bridgehead atoms. The number of hydrogen-bond acceptors (Lipinski definition) is 3. The first-order valence-corrected chi connectivity index (χ1v) is 9.66. The lowest BCUT2D eigenvalue weighted by Gasteiger charge is -2.20. The van der Waals surface area contributed by atoms with Crippen molar-refractivity contribution in [1.82, 2.24) is 5.32 Å². The molecule has 0 fully saturated rings. The molecule has 3 aromatic rings. The number of amides is 2. The van der Waals surface area contributed by atoms with E-state index in [9.17, 15) is 9.59 Å². The maximum atomic E-state index is 13.0. The Balaban J connectivity index is 1.81. The molecule has 4 nitrogen and oxygen atoms in total. The maximum Gasteiger partial charge on any atom is 0.251 e. The monoisotopic (exact) mass is 378 g/mol. The van der Waals surface area contributed by atoms with Gasteiger partial charge >= 0.3 is 0 Å². The van der Waals surface area contributed by atoms with Gasteiger partial charge in [-0.15, -0.1) is 11.3 Å². The molecule has 0 aliphatic carbocycles. The number of aryl methyl sites for hydroxylation is 2. The summed E-state index contributed by atoms with van der Waals surface area (Å²) in [6, 6.07) is 18.2. The third-order valence-corrected chi connectivity index (χ3v) is 5.22. The molecule has 1 heterocycles. The van der Waals surface area contributed by atoms with Gasteiger partial charge in [0.15, 0.2) is 0 Å². The lowest BCUT2D eigenvalue weighted by molar-refractivity contribution is -0.126. The Morgan fingerprint density at radius 2 is 1.63 bits per heavy atom. The molecule has 2 aromatic carbocycles. The highest BCUT2D eigenvalue weighted by molar-refractivity contribution is 7.10. The summed E-state index contributed by atoms with van der Waals surface area (Å²) in [7, 11) is 0. The van der Waals surface area contributed by atoms with Crippen molar-refractivity contribution in [1.29, 1.82) is 0 Å². The molecule has 0 aliphatic heterocycles. The molecular formula is C22H22N2O2S. The van der Waals surface area contributed by atoms with Crippen LogP contribution in [0.25, 0.3) is 0 Å². The van der Waals surface area contributed by atoms with Gasteiger partial charge in [0.25, 0.3) is 5.91 Å².